The van der Waals surface area contributed by atoms with Gasteiger partial charge in [-0.3, -0.25) is 4.79 Å². The minimum absolute atomic E-state index is 0.0602. The van der Waals surface area contributed by atoms with Crippen molar-refractivity contribution in [2.45, 2.75) is 31.2 Å². The molecular formula is C12H15N3O2S2. The van der Waals surface area contributed by atoms with E-state index in [9.17, 15) is 4.79 Å². The largest absolute Gasteiger partial charge is 0.481 e. The Morgan fingerprint density at radius 1 is 1.53 bits per heavy atom. The first-order valence-electron chi connectivity index (χ1n) is 5.85. The second kappa shape index (κ2) is 6.21. The lowest BCUT2D eigenvalue weighted by Gasteiger charge is -2.02. The van der Waals surface area contributed by atoms with Gasteiger partial charge in [0.2, 0.25) is 0 Å². The van der Waals surface area contributed by atoms with Gasteiger partial charge in [-0.15, -0.1) is 11.3 Å². The molecule has 2 rings (SSSR count). The van der Waals surface area contributed by atoms with E-state index in [2.05, 4.69) is 14.5 Å². The number of hydrogen-bond acceptors (Lipinski definition) is 5. The van der Waals surface area contributed by atoms with Crippen molar-refractivity contribution < 1.29 is 9.90 Å². The van der Waals surface area contributed by atoms with E-state index in [1.807, 2.05) is 20.0 Å². The van der Waals surface area contributed by atoms with Gasteiger partial charge in [-0.25, -0.2) is 9.97 Å². The summed E-state index contributed by atoms with van der Waals surface area (Å²) >= 11 is 3.13. The fourth-order valence-corrected chi connectivity index (χ4v) is 3.87. The summed E-state index contributed by atoms with van der Waals surface area (Å²) in [7, 11) is 0. The van der Waals surface area contributed by atoms with Crippen LogP contribution in [0.3, 0.4) is 0 Å². The molecule has 0 fully saturated rings. The lowest BCUT2D eigenvalue weighted by atomic mass is 10.3. The number of aliphatic carboxylic acids is 1. The van der Waals surface area contributed by atoms with Crippen molar-refractivity contribution in [3.8, 4) is 0 Å². The van der Waals surface area contributed by atoms with E-state index in [1.54, 1.807) is 18.0 Å². The van der Waals surface area contributed by atoms with Gasteiger partial charge in [-0.2, -0.15) is 0 Å². The summed E-state index contributed by atoms with van der Waals surface area (Å²) in [6, 6.07) is 0. The maximum atomic E-state index is 10.7. The highest BCUT2D eigenvalue weighted by molar-refractivity contribution is 8.01. The Morgan fingerprint density at radius 2 is 2.32 bits per heavy atom. The number of hydrogen-bond donors (Lipinski definition) is 1. The van der Waals surface area contributed by atoms with E-state index in [-0.39, 0.29) is 6.42 Å². The number of imidazole rings is 1. The number of carbonyl (C=O) groups is 1. The molecule has 0 amide bonds. The highest BCUT2D eigenvalue weighted by atomic mass is 32.2. The Kier molecular flexibility index (Phi) is 4.60. The highest BCUT2D eigenvalue weighted by Crippen LogP contribution is 2.27. The van der Waals surface area contributed by atoms with E-state index in [0.717, 1.165) is 33.0 Å². The standard InChI is InChI=1S/C12H15N3O2S2/c1-8-10(7-11(16)17)19-12(14-8)18-6-5-15-4-3-13-9(15)2/h3-4H,5-7H2,1-2H3,(H,16,17). The number of thiazole rings is 1. The fourth-order valence-electron chi connectivity index (χ4n) is 1.64. The zero-order chi connectivity index (χ0) is 13.8. The molecule has 0 aliphatic rings. The van der Waals surface area contributed by atoms with Gasteiger partial charge in [-0.05, 0) is 13.8 Å². The zero-order valence-corrected chi connectivity index (χ0v) is 12.4. The summed E-state index contributed by atoms with van der Waals surface area (Å²) in [5, 5.41) is 8.79. The number of nitrogens with zero attached hydrogens (tertiary/aromatic N) is 3. The molecule has 2 heterocycles. The van der Waals surface area contributed by atoms with Crippen LogP contribution in [0, 0.1) is 13.8 Å². The molecule has 0 bridgehead atoms. The van der Waals surface area contributed by atoms with Crippen LogP contribution in [0.2, 0.25) is 0 Å². The zero-order valence-electron chi connectivity index (χ0n) is 10.8. The Bertz CT molecular complexity index is 577. The fraction of sp³-hybridized carbons (Fsp3) is 0.417. The van der Waals surface area contributed by atoms with E-state index < -0.39 is 5.97 Å². The number of carboxylic acid groups (broad SMARTS) is 1. The van der Waals surface area contributed by atoms with Gasteiger partial charge in [0, 0.05) is 29.6 Å². The van der Waals surface area contributed by atoms with Gasteiger partial charge in [-0.1, -0.05) is 11.8 Å². The van der Waals surface area contributed by atoms with Crippen LogP contribution >= 0.6 is 23.1 Å². The van der Waals surface area contributed by atoms with Crippen molar-refractivity contribution in [1.82, 2.24) is 14.5 Å². The van der Waals surface area contributed by atoms with Crippen molar-refractivity contribution >= 4 is 29.1 Å². The molecule has 0 aliphatic heterocycles. The Morgan fingerprint density at radius 3 is 2.95 bits per heavy atom. The summed E-state index contributed by atoms with van der Waals surface area (Å²) < 4.78 is 3.03. The minimum atomic E-state index is -0.808. The van der Waals surface area contributed by atoms with Crippen molar-refractivity contribution in [3.05, 3.63) is 28.8 Å². The van der Waals surface area contributed by atoms with Crippen LogP contribution in [0.25, 0.3) is 0 Å². The van der Waals surface area contributed by atoms with Crippen LogP contribution in [0.15, 0.2) is 16.7 Å². The van der Waals surface area contributed by atoms with Crippen LogP contribution in [-0.4, -0.2) is 31.4 Å². The average Bonchev–Trinajstić information content (AvgIpc) is 2.87. The Labute approximate surface area is 119 Å². The highest BCUT2D eigenvalue weighted by Gasteiger charge is 2.11. The predicted octanol–water partition coefficient (Wildman–Crippen LogP) is 2.38. The molecule has 0 saturated heterocycles. The van der Waals surface area contributed by atoms with Crippen molar-refractivity contribution in [2.75, 3.05) is 5.75 Å². The molecular weight excluding hydrogens is 282 g/mol. The topological polar surface area (TPSA) is 68.0 Å². The van der Waals surface area contributed by atoms with Gasteiger partial charge >= 0.3 is 5.97 Å². The second-order valence-corrected chi connectivity index (χ2v) is 6.50. The normalized spacial score (nSPS) is 10.8. The number of rotatable bonds is 6. The van der Waals surface area contributed by atoms with E-state index in [4.69, 9.17) is 5.11 Å². The SMILES string of the molecule is Cc1nc(SCCn2ccnc2C)sc1CC(=O)O. The van der Waals surface area contributed by atoms with Gasteiger partial charge in [0.15, 0.2) is 0 Å². The smallest absolute Gasteiger partial charge is 0.308 e. The lowest BCUT2D eigenvalue weighted by Crippen LogP contribution is -2.01. The van der Waals surface area contributed by atoms with Crippen LogP contribution in [0.1, 0.15) is 16.4 Å². The van der Waals surface area contributed by atoms with E-state index >= 15 is 0 Å². The third-order valence-electron chi connectivity index (χ3n) is 2.67. The van der Waals surface area contributed by atoms with Crippen molar-refractivity contribution in [2.24, 2.45) is 0 Å². The maximum Gasteiger partial charge on any atom is 0.308 e. The lowest BCUT2D eigenvalue weighted by molar-refractivity contribution is -0.136. The van der Waals surface area contributed by atoms with E-state index in [1.165, 1.54) is 11.3 Å². The van der Waals surface area contributed by atoms with Gasteiger partial charge in [0.05, 0.1) is 12.1 Å². The molecule has 2 aromatic heterocycles. The molecule has 1 N–H and O–H groups in total. The number of thioether (sulfide) groups is 1. The third kappa shape index (κ3) is 3.81. The maximum absolute atomic E-state index is 10.7. The molecule has 0 unspecified atom stereocenters. The minimum Gasteiger partial charge on any atom is -0.481 e. The molecule has 7 heteroatoms. The molecule has 0 aliphatic carbocycles. The first kappa shape index (κ1) is 14.1. The molecule has 0 atom stereocenters. The van der Waals surface area contributed by atoms with Gasteiger partial charge in [0.25, 0.3) is 0 Å². The molecule has 0 radical (unpaired) electrons. The molecule has 0 saturated carbocycles. The van der Waals surface area contributed by atoms with Crippen molar-refractivity contribution in [1.29, 1.82) is 0 Å². The molecule has 0 spiro atoms. The predicted molar refractivity (Wildman–Crippen MR) is 75.9 cm³/mol. The van der Waals surface area contributed by atoms with Crippen LogP contribution in [0.5, 0.6) is 0 Å². The van der Waals surface area contributed by atoms with E-state index in [0.29, 0.717) is 0 Å². The molecule has 5 nitrogen and oxygen atoms in total. The van der Waals surface area contributed by atoms with Gasteiger partial charge in [0.1, 0.15) is 10.2 Å². The molecule has 2 aromatic rings. The quantitative estimate of drug-likeness (QED) is 0.829. The second-order valence-electron chi connectivity index (χ2n) is 4.08. The van der Waals surface area contributed by atoms with Crippen molar-refractivity contribution in [3.63, 3.8) is 0 Å². The number of carboxylic acids is 1. The van der Waals surface area contributed by atoms with Gasteiger partial charge < -0.3 is 9.67 Å². The third-order valence-corrected chi connectivity index (χ3v) is 4.95. The number of aryl methyl sites for hydroxylation is 3. The van der Waals surface area contributed by atoms with Crippen LogP contribution < -0.4 is 0 Å². The monoisotopic (exact) mass is 297 g/mol. The summed E-state index contributed by atoms with van der Waals surface area (Å²) in [6.45, 7) is 4.71. The molecule has 0 aromatic carbocycles. The molecule has 19 heavy (non-hydrogen) atoms. The average molecular weight is 297 g/mol. The summed E-state index contributed by atoms with van der Waals surface area (Å²) in [4.78, 5) is 20.1. The number of aromatic nitrogens is 3. The summed E-state index contributed by atoms with van der Waals surface area (Å²) in [5.74, 6) is 1.09. The van der Waals surface area contributed by atoms with Crippen LogP contribution in [-0.2, 0) is 17.8 Å². The first-order valence-corrected chi connectivity index (χ1v) is 7.65. The summed E-state index contributed by atoms with van der Waals surface area (Å²) in [5.41, 5.74) is 0.828. The Hall–Kier alpha value is -1.34. The summed E-state index contributed by atoms with van der Waals surface area (Å²) in [6.07, 6.45) is 3.81. The first-order chi connectivity index (χ1) is 9.06. The van der Waals surface area contributed by atoms with Crippen LogP contribution in [0.4, 0.5) is 0 Å². The molecule has 102 valence electrons. The Balaban J connectivity index is 1.89.